The number of thioether (sulfide) groups is 1. The zero-order valence-corrected chi connectivity index (χ0v) is 18.6. The maximum Gasteiger partial charge on any atom is 0.326 e. The van der Waals surface area contributed by atoms with Crippen molar-refractivity contribution in [3.05, 3.63) is 70.1 Å². The van der Waals surface area contributed by atoms with Crippen LogP contribution in [0.1, 0.15) is 34.3 Å². The Morgan fingerprint density at radius 2 is 1.79 bits per heavy atom. The number of hydrogen-bond acceptors (Lipinski definition) is 7. The van der Waals surface area contributed by atoms with Crippen LogP contribution in [0, 0.1) is 0 Å². The Labute approximate surface area is 198 Å². The lowest BCUT2D eigenvalue weighted by molar-refractivity contribution is -0.140. The van der Waals surface area contributed by atoms with Crippen molar-refractivity contribution in [3.63, 3.8) is 0 Å². The summed E-state index contributed by atoms with van der Waals surface area (Å²) in [6.07, 6.45) is 1.04. The van der Waals surface area contributed by atoms with Crippen molar-refractivity contribution in [2.45, 2.75) is 25.4 Å². The molecule has 34 heavy (non-hydrogen) atoms. The maximum absolute atomic E-state index is 12.3. The first-order chi connectivity index (χ1) is 16.2. The van der Waals surface area contributed by atoms with Gasteiger partial charge in [0.25, 0.3) is 17.1 Å². The van der Waals surface area contributed by atoms with E-state index in [9.17, 15) is 29.1 Å². The maximum atomic E-state index is 12.3. The standard InChI is InChI=1S/C23H21N3O7S/c27-19(28)9-8-17(22(31)32)25-20(29)15-6-4-13(5-7-15)12-24-16-3-1-2-14(10-16)11-18-21(30)26-23(33)34-18/h1-7,10-11,17,24H,8-9,12H2,(H,25,29)(H,27,28)(H,31,32)(H,26,30,33)/b18-11-/t17-/m0/s1. The molecule has 1 heterocycles. The van der Waals surface area contributed by atoms with Gasteiger partial charge in [-0.1, -0.05) is 24.3 Å². The first-order valence-electron chi connectivity index (χ1n) is 10.1. The van der Waals surface area contributed by atoms with E-state index >= 15 is 0 Å². The first kappa shape index (κ1) is 24.5. The number of carboxylic acid groups (broad SMARTS) is 2. The molecule has 10 nitrogen and oxygen atoms in total. The number of imide groups is 1. The summed E-state index contributed by atoms with van der Waals surface area (Å²) < 4.78 is 0. The molecule has 0 bridgehead atoms. The molecule has 3 amide bonds. The lowest BCUT2D eigenvalue weighted by Crippen LogP contribution is -2.41. The van der Waals surface area contributed by atoms with Crippen LogP contribution in [0.4, 0.5) is 10.5 Å². The Balaban J connectivity index is 1.58. The molecule has 0 saturated carbocycles. The monoisotopic (exact) mass is 483 g/mol. The Hall–Kier alpha value is -4.12. The number of hydrogen-bond donors (Lipinski definition) is 5. The van der Waals surface area contributed by atoms with Crippen LogP contribution < -0.4 is 16.0 Å². The van der Waals surface area contributed by atoms with Gasteiger partial charge in [-0.3, -0.25) is 24.5 Å². The molecule has 5 N–H and O–H groups in total. The van der Waals surface area contributed by atoms with E-state index in [0.717, 1.165) is 28.6 Å². The largest absolute Gasteiger partial charge is 0.481 e. The van der Waals surface area contributed by atoms with E-state index in [2.05, 4.69) is 16.0 Å². The van der Waals surface area contributed by atoms with E-state index in [1.165, 1.54) is 0 Å². The summed E-state index contributed by atoms with van der Waals surface area (Å²) in [5, 5.41) is 25.3. The van der Waals surface area contributed by atoms with E-state index < -0.39 is 35.0 Å². The van der Waals surface area contributed by atoms with Crippen molar-refractivity contribution in [2.75, 3.05) is 5.32 Å². The third-order valence-corrected chi connectivity index (χ3v) is 5.60. The third kappa shape index (κ3) is 6.94. The second-order valence-electron chi connectivity index (χ2n) is 7.32. The van der Waals surface area contributed by atoms with Gasteiger partial charge in [-0.2, -0.15) is 0 Å². The Kier molecular flexibility index (Phi) is 8.04. The number of benzene rings is 2. The van der Waals surface area contributed by atoms with Crippen LogP contribution in [0.15, 0.2) is 53.4 Å². The molecule has 1 aliphatic rings. The molecule has 2 aromatic carbocycles. The van der Waals surface area contributed by atoms with Crippen molar-refractivity contribution in [1.29, 1.82) is 0 Å². The summed E-state index contributed by atoms with van der Waals surface area (Å²) in [5.41, 5.74) is 2.65. The highest BCUT2D eigenvalue weighted by molar-refractivity contribution is 8.18. The molecule has 3 rings (SSSR count). The summed E-state index contributed by atoms with van der Waals surface area (Å²) in [7, 11) is 0. The molecular weight excluding hydrogens is 462 g/mol. The van der Waals surface area contributed by atoms with Gasteiger partial charge in [0.15, 0.2) is 0 Å². The van der Waals surface area contributed by atoms with Crippen molar-refractivity contribution < 1.29 is 34.2 Å². The van der Waals surface area contributed by atoms with Crippen LogP contribution in [0.5, 0.6) is 0 Å². The molecule has 1 fully saturated rings. The highest BCUT2D eigenvalue weighted by atomic mass is 32.2. The smallest absolute Gasteiger partial charge is 0.326 e. The molecule has 1 saturated heterocycles. The number of amides is 3. The molecule has 1 atom stereocenters. The second kappa shape index (κ2) is 11.1. The van der Waals surface area contributed by atoms with Gasteiger partial charge in [-0.15, -0.1) is 0 Å². The predicted octanol–water partition coefficient (Wildman–Crippen LogP) is 2.67. The molecule has 0 radical (unpaired) electrons. The van der Waals surface area contributed by atoms with Crippen molar-refractivity contribution >= 4 is 52.5 Å². The van der Waals surface area contributed by atoms with Gasteiger partial charge in [0.05, 0.1) is 4.91 Å². The average molecular weight is 484 g/mol. The molecule has 0 aromatic heterocycles. The lowest BCUT2D eigenvalue weighted by atomic mass is 10.1. The van der Waals surface area contributed by atoms with E-state index in [4.69, 9.17) is 5.11 Å². The summed E-state index contributed by atoms with van der Waals surface area (Å²) in [4.78, 5) is 57.5. The first-order valence-corrected chi connectivity index (χ1v) is 11.0. The minimum Gasteiger partial charge on any atom is -0.481 e. The molecule has 176 valence electrons. The fourth-order valence-electron chi connectivity index (χ4n) is 3.06. The van der Waals surface area contributed by atoms with Crippen LogP contribution in [-0.2, 0) is 20.9 Å². The van der Waals surface area contributed by atoms with Gasteiger partial charge in [0, 0.05) is 24.2 Å². The molecule has 0 unspecified atom stereocenters. The molecule has 0 aliphatic carbocycles. The Bertz CT molecular complexity index is 1160. The number of rotatable bonds is 10. The number of carbonyl (C=O) groups is 5. The fourth-order valence-corrected chi connectivity index (χ4v) is 3.74. The number of anilines is 1. The summed E-state index contributed by atoms with van der Waals surface area (Å²) in [6.45, 7) is 0.437. The minimum atomic E-state index is -1.30. The van der Waals surface area contributed by atoms with Crippen LogP contribution in [0.3, 0.4) is 0 Å². The van der Waals surface area contributed by atoms with E-state index in [-0.39, 0.29) is 18.4 Å². The average Bonchev–Trinajstić information content (AvgIpc) is 3.11. The van der Waals surface area contributed by atoms with Crippen molar-refractivity contribution in [2.24, 2.45) is 0 Å². The molecule has 1 aliphatic heterocycles. The van der Waals surface area contributed by atoms with Gasteiger partial charge < -0.3 is 20.8 Å². The zero-order valence-electron chi connectivity index (χ0n) is 17.7. The van der Waals surface area contributed by atoms with E-state index in [1.807, 2.05) is 24.3 Å². The van der Waals surface area contributed by atoms with Gasteiger partial charge in [0.2, 0.25) is 0 Å². The minimum absolute atomic E-state index is 0.214. The van der Waals surface area contributed by atoms with Crippen LogP contribution in [-0.4, -0.2) is 45.2 Å². The van der Waals surface area contributed by atoms with E-state index in [0.29, 0.717) is 11.4 Å². The quantitative estimate of drug-likeness (QED) is 0.320. The molecular formula is C23H21N3O7S. The Morgan fingerprint density at radius 3 is 2.41 bits per heavy atom. The normalized spacial score (nSPS) is 15.0. The number of carbonyl (C=O) groups excluding carboxylic acids is 3. The van der Waals surface area contributed by atoms with Gasteiger partial charge in [-0.25, -0.2) is 4.79 Å². The van der Waals surface area contributed by atoms with Crippen LogP contribution in [0.25, 0.3) is 6.08 Å². The van der Waals surface area contributed by atoms with Crippen molar-refractivity contribution in [1.82, 2.24) is 10.6 Å². The number of nitrogens with one attached hydrogen (secondary N) is 3. The number of aliphatic carboxylic acids is 2. The lowest BCUT2D eigenvalue weighted by Gasteiger charge is -2.14. The highest BCUT2D eigenvalue weighted by Gasteiger charge is 2.25. The molecule has 11 heteroatoms. The van der Waals surface area contributed by atoms with Gasteiger partial charge in [-0.05, 0) is 59.7 Å². The third-order valence-electron chi connectivity index (χ3n) is 4.79. The zero-order chi connectivity index (χ0) is 24.7. The summed E-state index contributed by atoms with van der Waals surface area (Å²) in [5.74, 6) is -3.47. The van der Waals surface area contributed by atoms with Gasteiger partial charge in [0.1, 0.15) is 6.04 Å². The fraction of sp³-hybridized carbons (Fsp3) is 0.174. The van der Waals surface area contributed by atoms with Crippen LogP contribution >= 0.6 is 11.8 Å². The summed E-state index contributed by atoms with van der Waals surface area (Å²) in [6, 6.07) is 12.5. The Morgan fingerprint density at radius 1 is 1.06 bits per heavy atom. The second-order valence-corrected chi connectivity index (χ2v) is 8.34. The highest BCUT2D eigenvalue weighted by Crippen LogP contribution is 2.26. The van der Waals surface area contributed by atoms with E-state index in [1.54, 1.807) is 30.3 Å². The van der Waals surface area contributed by atoms with Gasteiger partial charge >= 0.3 is 11.9 Å². The SMILES string of the molecule is O=C(O)CC[C@H](NC(=O)c1ccc(CNc2cccc(/C=C3\SC(=O)NC3=O)c2)cc1)C(=O)O. The molecule has 0 spiro atoms. The number of carboxylic acids is 2. The summed E-state index contributed by atoms with van der Waals surface area (Å²) >= 11 is 0.847. The molecule has 2 aromatic rings. The topological polar surface area (TPSA) is 162 Å². The van der Waals surface area contributed by atoms with Crippen molar-refractivity contribution in [3.8, 4) is 0 Å². The van der Waals surface area contributed by atoms with Crippen LogP contribution in [0.2, 0.25) is 0 Å². The predicted molar refractivity (Wildman–Crippen MR) is 125 cm³/mol.